The zero-order valence-electron chi connectivity index (χ0n) is 13.5. The summed E-state index contributed by atoms with van der Waals surface area (Å²) < 4.78 is 13.6. The van der Waals surface area contributed by atoms with E-state index in [1.165, 1.54) is 12.1 Å². The molecule has 0 aliphatic carbocycles. The molecule has 0 spiro atoms. The van der Waals surface area contributed by atoms with Crippen molar-refractivity contribution in [2.75, 3.05) is 19.6 Å². The number of piperidine rings is 1. The summed E-state index contributed by atoms with van der Waals surface area (Å²) in [6.07, 6.45) is 0.800. The molecule has 0 unspecified atom stereocenters. The second-order valence-corrected chi connectivity index (χ2v) is 6.62. The number of aliphatic hydroxyl groups excluding tert-OH is 1. The predicted octanol–water partition coefficient (Wildman–Crippen LogP) is 2.27. The molecule has 25 heavy (non-hydrogen) atoms. The summed E-state index contributed by atoms with van der Waals surface area (Å²) in [5.74, 6) is -0.339. The fourth-order valence-electron chi connectivity index (χ4n) is 3.25. The number of amides is 1. The highest BCUT2D eigenvalue weighted by atomic mass is 35.5. The van der Waals surface area contributed by atoms with Gasteiger partial charge in [-0.25, -0.2) is 9.18 Å². The number of hydrogen-bond donors (Lipinski definition) is 3. The minimum atomic E-state index is -1.13. The third-order valence-corrected chi connectivity index (χ3v) is 4.87. The first-order valence-corrected chi connectivity index (χ1v) is 8.44. The predicted molar refractivity (Wildman–Crippen MR) is 92.4 cm³/mol. The standard InChI is InChI=1S/C17H19ClFN3O3/c18-13-8-20-14-2-1-10(19)7-12(14)11(13)3-5-22-6-4-15(16(23)9-22)21-17(24)25/h1-2,7-8,15-16,21,23H,3-6,9H2,(H,24,25)/t15-,16-/m1/s1. The van der Waals surface area contributed by atoms with E-state index >= 15 is 0 Å². The van der Waals surface area contributed by atoms with Crippen LogP contribution in [0.15, 0.2) is 24.4 Å². The minimum absolute atomic E-state index is 0.339. The summed E-state index contributed by atoms with van der Waals surface area (Å²) in [7, 11) is 0. The fraction of sp³-hybridized carbons (Fsp3) is 0.412. The Kier molecular flexibility index (Phi) is 5.36. The quantitative estimate of drug-likeness (QED) is 0.772. The Morgan fingerprint density at radius 3 is 3.00 bits per heavy atom. The van der Waals surface area contributed by atoms with E-state index in [-0.39, 0.29) is 5.82 Å². The highest BCUT2D eigenvalue weighted by Gasteiger charge is 2.28. The molecule has 1 aliphatic heterocycles. The second kappa shape index (κ2) is 7.51. The van der Waals surface area contributed by atoms with Crippen LogP contribution in [0.3, 0.4) is 0 Å². The molecular weight excluding hydrogens is 349 g/mol. The largest absolute Gasteiger partial charge is 0.465 e. The van der Waals surface area contributed by atoms with Crippen LogP contribution in [0.2, 0.25) is 5.02 Å². The zero-order valence-corrected chi connectivity index (χ0v) is 14.2. The van der Waals surface area contributed by atoms with Gasteiger partial charge >= 0.3 is 6.09 Å². The Morgan fingerprint density at radius 2 is 2.28 bits per heavy atom. The number of nitrogens with one attached hydrogen (secondary N) is 1. The monoisotopic (exact) mass is 367 g/mol. The van der Waals surface area contributed by atoms with E-state index < -0.39 is 18.2 Å². The highest BCUT2D eigenvalue weighted by molar-refractivity contribution is 6.32. The summed E-state index contributed by atoms with van der Waals surface area (Å²) in [6.45, 7) is 1.67. The minimum Gasteiger partial charge on any atom is -0.465 e. The summed E-state index contributed by atoms with van der Waals surface area (Å²) in [5, 5.41) is 22.4. The first-order chi connectivity index (χ1) is 11.9. The number of β-amino-alcohol motifs (C(OH)–C–C–N with tert-alkyl or cyclic N) is 1. The lowest BCUT2D eigenvalue weighted by atomic mass is 10.0. The molecule has 0 saturated carbocycles. The van der Waals surface area contributed by atoms with Gasteiger partial charge in [0.1, 0.15) is 5.82 Å². The number of aliphatic hydroxyl groups is 1. The second-order valence-electron chi connectivity index (χ2n) is 6.21. The third kappa shape index (κ3) is 4.18. The van der Waals surface area contributed by atoms with Gasteiger partial charge < -0.3 is 20.4 Å². The maximum Gasteiger partial charge on any atom is 0.404 e. The Hall–Kier alpha value is -1.96. The van der Waals surface area contributed by atoms with Crippen molar-refractivity contribution in [3.8, 4) is 0 Å². The van der Waals surface area contributed by atoms with E-state index in [1.54, 1.807) is 12.3 Å². The van der Waals surface area contributed by atoms with Crippen molar-refractivity contribution in [1.82, 2.24) is 15.2 Å². The van der Waals surface area contributed by atoms with E-state index in [0.717, 1.165) is 5.56 Å². The van der Waals surface area contributed by atoms with Gasteiger partial charge in [0.15, 0.2) is 0 Å². The number of aromatic nitrogens is 1. The Balaban J connectivity index is 1.68. The number of fused-ring (bicyclic) bond motifs is 1. The molecule has 1 saturated heterocycles. The maximum atomic E-state index is 13.6. The van der Waals surface area contributed by atoms with Crippen LogP contribution in [-0.2, 0) is 6.42 Å². The van der Waals surface area contributed by atoms with Gasteiger partial charge in [-0.2, -0.15) is 0 Å². The number of pyridine rings is 1. The molecule has 0 bridgehead atoms. The Labute approximate surface area is 149 Å². The Morgan fingerprint density at radius 1 is 1.48 bits per heavy atom. The SMILES string of the molecule is O=C(O)N[C@@H]1CCN(CCc2c(Cl)cnc3ccc(F)cc23)C[C@H]1O. The highest BCUT2D eigenvalue weighted by Crippen LogP contribution is 2.26. The average Bonchev–Trinajstić information content (AvgIpc) is 2.56. The van der Waals surface area contributed by atoms with Crippen LogP contribution in [0.25, 0.3) is 10.9 Å². The summed E-state index contributed by atoms with van der Waals surface area (Å²) in [4.78, 5) is 17.0. The zero-order chi connectivity index (χ0) is 18.0. The molecule has 6 nitrogen and oxygen atoms in total. The van der Waals surface area contributed by atoms with Crippen LogP contribution in [0.4, 0.5) is 9.18 Å². The summed E-state index contributed by atoms with van der Waals surface area (Å²) >= 11 is 6.25. The molecule has 3 N–H and O–H groups in total. The van der Waals surface area contributed by atoms with Crippen LogP contribution < -0.4 is 5.32 Å². The van der Waals surface area contributed by atoms with E-state index in [2.05, 4.69) is 10.3 Å². The molecule has 2 heterocycles. The van der Waals surface area contributed by atoms with Gasteiger partial charge in [-0.15, -0.1) is 0 Å². The normalized spacial score (nSPS) is 21.4. The number of rotatable bonds is 4. The molecule has 1 amide bonds. The van der Waals surface area contributed by atoms with Gasteiger partial charge in [-0.3, -0.25) is 4.98 Å². The van der Waals surface area contributed by atoms with Gasteiger partial charge in [0.05, 0.1) is 22.7 Å². The number of carboxylic acid groups (broad SMARTS) is 1. The molecule has 134 valence electrons. The first-order valence-electron chi connectivity index (χ1n) is 8.06. The van der Waals surface area contributed by atoms with Crippen molar-refractivity contribution < 1.29 is 19.4 Å². The molecule has 8 heteroatoms. The molecule has 1 aromatic heterocycles. The number of nitrogens with zero attached hydrogens (tertiary/aromatic N) is 2. The van der Waals surface area contributed by atoms with Crippen molar-refractivity contribution in [2.24, 2.45) is 0 Å². The van der Waals surface area contributed by atoms with Crippen molar-refractivity contribution >= 4 is 28.6 Å². The molecule has 1 aromatic carbocycles. The average molecular weight is 368 g/mol. The first kappa shape index (κ1) is 17.8. The molecule has 1 fully saturated rings. The number of benzene rings is 1. The molecular formula is C17H19ClFN3O3. The van der Waals surface area contributed by atoms with Gasteiger partial charge in [0, 0.05) is 31.2 Å². The van der Waals surface area contributed by atoms with Crippen LogP contribution >= 0.6 is 11.6 Å². The lowest BCUT2D eigenvalue weighted by molar-refractivity contribution is 0.0413. The van der Waals surface area contributed by atoms with Crippen molar-refractivity contribution in [1.29, 1.82) is 0 Å². The van der Waals surface area contributed by atoms with Gasteiger partial charge in [-0.1, -0.05) is 11.6 Å². The molecule has 3 rings (SSSR count). The number of halogens is 2. The summed E-state index contributed by atoms with van der Waals surface area (Å²) in [6, 6.07) is 3.97. The van der Waals surface area contributed by atoms with E-state index in [0.29, 0.717) is 48.4 Å². The van der Waals surface area contributed by atoms with Crippen LogP contribution in [-0.4, -0.2) is 58.0 Å². The van der Waals surface area contributed by atoms with Gasteiger partial charge in [-0.05, 0) is 36.6 Å². The molecule has 2 atom stereocenters. The fourth-order valence-corrected chi connectivity index (χ4v) is 3.49. The lowest BCUT2D eigenvalue weighted by Gasteiger charge is -2.35. The number of carbonyl (C=O) groups is 1. The number of hydrogen-bond acceptors (Lipinski definition) is 4. The van der Waals surface area contributed by atoms with Crippen molar-refractivity contribution in [2.45, 2.75) is 25.0 Å². The van der Waals surface area contributed by atoms with E-state index in [1.807, 2.05) is 4.90 Å². The van der Waals surface area contributed by atoms with Gasteiger partial charge in [0.25, 0.3) is 0 Å². The van der Waals surface area contributed by atoms with Gasteiger partial charge in [0.2, 0.25) is 0 Å². The smallest absolute Gasteiger partial charge is 0.404 e. The van der Waals surface area contributed by atoms with Crippen LogP contribution in [0.5, 0.6) is 0 Å². The molecule has 0 radical (unpaired) electrons. The van der Waals surface area contributed by atoms with Crippen LogP contribution in [0.1, 0.15) is 12.0 Å². The number of likely N-dealkylation sites (tertiary alicyclic amines) is 1. The molecule has 1 aliphatic rings. The van der Waals surface area contributed by atoms with Crippen molar-refractivity contribution in [3.05, 3.63) is 40.8 Å². The third-order valence-electron chi connectivity index (χ3n) is 4.54. The summed E-state index contributed by atoms with van der Waals surface area (Å²) in [5.41, 5.74) is 1.51. The maximum absolute atomic E-state index is 13.6. The lowest BCUT2D eigenvalue weighted by Crippen LogP contribution is -2.54. The Bertz CT molecular complexity index is 784. The topological polar surface area (TPSA) is 85.7 Å². The molecule has 2 aromatic rings. The van der Waals surface area contributed by atoms with E-state index in [9.17, 15) is 14.3 Å². The van der Waals surface area contributed by atoms with Crippen molar-refractivity contribution in [3.63, 3.8) is 0 Å². The van der Waals surface area contributed by atoms with Crippen LogP contribution in [0, 0.1) is 5.82 Å². The van der Waals surface area contributed by atoms with E-state index in [4.69, 9.17) is 16.7 Å².